The van der Waals surface area contributed by atoms with E-state index in [1.54, 1.807) is 4.90 Å². The van der Waals surface area contributed by atoms with Crippen molar-refractivity contribution in [2.24, 2.45) is 5.92 Å². The number of hydrogen-bond donors (Lipinski definition) is 1. The molecular formula is C23H28N2O2. The third kappa shape index (κ3) is 4.97. The van der Waals surface area contributed by atoms with E-state index in [1.165, 1.54) is 11.1 Å². The maximum Gasteiger partial charge on any atom is 0.229 e. The lowest BCUT2D eigenvalue weighted by molar-refractivity contribution is -0.128. The molecule has 2 aromatic rings. The Labute approximate surface area is 161 Å². The van der Waals surface area contributed by atoms with Gasteiger partial charge in [0.1, 0.15) is 0 Å². The number of likely N-dealkylation sites (tertiary alicyclic amines) is 1. The van der Waals surface area contributed by atoms with Crippen LogP contribution in [0.25, 0.3) is 0 Å². The van der Waals surface area contributed by atoms with Crippen LogP contribution < -0.4 is 5.32 Å². The molecule has 1 saturated heterocycles. The summed E-state index contributed by atoms with van der Waals surface area (Å²) >= 11 is 0. The third-order valence-electron chi connectivity index (χ3n) is 5.12. The van der Waals surface area contributed by atoms with E-state index in [1.807, 2.05) is 42.5 Å². The van der Waals surface area contributed by atoms with Crippen molar-refractivity contribution in [1.29, 1.82) is 0 Å². The Morgan fingerprint density at radius 2 is 1.74 bits per heavy atom. The molecule has 142 valence electrons. The van der Waals surface area contributed by atoms with E-state index in [2.05, 4.69) is 38.2 Å². The zero-order valence-electron chi connectivity index (χ0n) is 16.4. The molecule has 3 rings (SSSR count). The summed E-state index contributed by atoms with van der Waals surface area (Å²) in [6.07, 6.45) is 1.11. The van der Waals surface area contributed by atoms with Crippen LogP contribution in [0, 0.1) is 5.92 Å². The second-order valence-electron chi connectivity index (χ2n) is 8.29. The number of nitrogens with one attached hydrogen (secondary N) is 1. The molecule has 2 aromatic carbocycles. The van der Waals surface area contributed by atoms with Gasteiger partial charge in [-0.2, -0.15) is 0 Å². The van der Waals surface area contributed by atoms with Gasteiger partial charge in [0.05, 0.1) is 5.92 Å². The summed E-state index contributed by atoms with van der Waals surface area (Å²) in [4.78, 5) is 26.6. The number of carbonyl (C=O) groups excluding carboxylic acids is 2. The fourth-order valence-electron chi connectivity index (χ4n) is 3.37. The summed E-state index contributed by atoms with van der Waals surface area (Å²) in [5.41, 5.74) is 3.29. The number of rotatable bonds is 5. The topological polar surface area (TPSA) is 49.4 Å². The molecule has 2 amide bonds. The van der Waals surface area contributed by atoms with Crippen molar-refractivity contribution in [3.63, 3.8) is 0 Å². The summed E-state index contributed by atoms with van der Waals surface area (Å²) in [7, 11) is 0. The van der Waals surface area contributed by atoms with E-state index in [0.29, 0.717) is 19.5 Å². The Hall–Kier alpha value is -2.62. The zero-order chi connectivity index (χ0) is 19.4. The number of anilines is 1. The number of amides is 2. The van der Waals surface area contributed by atoms with Crippen LogP contribution in [0.5, 0.6) is 0 Å². The predicted octanol–water partition coefficient (Wildman–Crippen LogP) is 4.01. The lowest BCUT2D eigenvalue weighted by Crippen LogP contribution is -2.30. The number of benzene rings is 2. The second-order valence-corrected chi connectivity index (χ2v) is 8.29. The highest BCUT2D eigenvalue weighted by Crippen LogP contribution is 2.25. The van der Waals surface area contributed by atoms with Gasteiger partial charge >= 0.3 is 0 Å². The molecule has 1 atom stereocenters. The van der Waals surface area contributed by atoms with Gasteiger partial charge < -0.3 is 10.2 Å². The fourth-order valence-corrected chi connectivity index (χ4v) is 3.37. The molecule has 27 heavy (non-hydrogen) atoms. The molecule has 0 bridgehead atoms. The van der Waals surface area contributed by atoms with Gasteiger partial charge in [-0.05, 0) is 35.1 Å². The Kier molecular flexibility index (Phi) is 5.64. The van der Waals surface area contributed by atoms with Crippen LogP contribution in [-0.2, 0) is 21.4 Å². The van der Waals surface area contributed by atoms with Crippen molar-refractivity contribution in [3.8, 4) is 0 Å². The summed E-state index contributed by atoms with van der Waals surface area (Å²) in [5, 5.41) is 2.96. The standard InChI is InChI=1S/C23H28N2O2/c1-23(2,3)19-9-11-20(12-10-19)24-22(27)18-15-21(26)25(16-18)14-13-17-7-5-4-6-8-17/h4-12,18H,13-16H2,1-3H3,(H,24,27)/t18-/m1/s1. The summed E-state index contributed by atoms with van der Waals surface area (Å²) in [5.74, 6) is -0.293. The average molecular weight is 364 g/mol. The van der Waals surface area contributed by atoms with Gasteiger partial charge in [0, 0.05) is 25.2 Å². The van der Waals surface area contributed by atoms with Gasteiger partial charge in [0.25, 0.3) is 0 Å². The van der Waals surface area contributed by atoms with Crippen LogP contribution in [-0.4, -0.2) is 29.8 Å². The van der Waals surface area contributed by atoms with E-state index < -0.39 is 0 Å². The Balaban J connectivity index is 1.54. The maximum atomic E-state index is 12.6. The molecule has 1 N–H and O–H groups in total. The van der Waals surface area contributed by atoms with Crippen LogP contribution in [0.3, 0.4) is 0 Å². The van der Waals surface area contributed by atoms with Crippen molar-refractivity contribution in [3.05, 3.63) is 65.7 Å². The highest BCUT2D eigenvalue weighted by atomic mass is 16.2. The van der Waals surface area contributed by atoms with Gasteiger partial charge in [-0.3, -0.25) is 9.59 Å². The van der Waals surface area contributed by atoms with E-state index in [4.69, 9.17) is 0 Å². The van der Waals surface area contributed by atoms with Crippen molar-refractivity contribution >= 4 is 17.5 Å². The number of hydrogen-bond acceptors (Lipinski definition) is 2. The Morgan fingerprint density at radius 1 is 1.07 bits per heavy atom. The molecule has 1 fully saturated rings. The van der Waals surface area contributed by atoms with Crippen molar-refractivity contribution in [2.45, 2.75) is 39.0 Å². The molecule has 0 unspecified atom stereocenters. The molecular weight excluding hydrogens is 336 g/mol. The third-order valence-corrected chi connectivity index (χ3v) is 5.12. The van der Waals surface area contributed by atoms with E-state index in [9.17, 15) is 9.59 Å². The van der Waals surface area contributed by atoms with Crippen LogP contribution in [0.2, 0.25) is 0 Å². The molecule has 0 radical (unpaired) electrons. The molecule has 0 spiro atoms. The van der Waals surface area contributed by atoms with Crippen LogP contribution in [0.4, 0.5) is 5.69 Å². The monoisotopic (exact) mass is 364 g/mol. The van der Waals surface area contributed by atoms with E-state index in [0.717, 1.165) is 12.1 Å². The number of nitrogens with zero attached hydrogens (tertiary/aromatic N) is 1. The quantitative estimate of drug-likeness (QED) is 0.871. The molecule has 0 aromatic heterocycles. The SMILES string of the molecule is CC(C)(C)c1ccc(NC(=O)[C@@H]2CC(=O)N(CCc3ccccc3)C2)cc1. The molecule has 1 heterocycles. The molecule has 0 aliphatic carbocycles. The first kappa shape index (κ1) is 19.2. The molecule has 1 aliphatic heterocycles. The average Bonchev–Trinajstić information content (AvgIpc) is 3.01. The van der Waals surface area contributed by atoms with Crippen LogP contribution in [0.1, 0.15) is 38.3 Å². The maximum absolute atomic E-state index is 12.6. The van der Waals surface area contributed by atoms with E-state index >= 15 is 0 Å². The Morgan fingerprint density at radius 3 is 2.37 bits per heavy atom. The minimum Gasteiger partial charge on any atom is -0.342 e. The fraction of sp³-hybridized carbons (Fsp3) is 0.391. The zero-order valence-corrected chi connectivity index (χ0v) is 16.4. The van der Waals surface area contributed by atoms with Gasteiger partial charge in [-0.25, -0.2) is 0 Å². The van der Waals surface area contributed by atoms with Crippen molar-refractivity contribution in [2.75, 3.05) is 18.4 Å². The molecule has 0 saturated carbocycles. The largest absolute Gasteiger partial charge is 0.342 e. The highest BCUT2D eigenvalue weighted by molar-refractivity contribution is 5.97. The van der Waals surface area contributed by atoms with Crippen LogP contribution >= 0.6 is 0 Å². The highest BCUT2D eigenvalue weighted by Gasteiger charge is 2.34. The Bertz CT molecular complexity index is 791. The van der Waals surface area contributed by atoms with Gasteiger partial charge in [0.15, 0.2) is 0 Å². The minimum atomic E-state index is -0.282. The first-order valence-corrected chi connectivity index (χ1v) is 9.56. The van der Waals surface area contributed by atoms with Crippen molar-refractivity contribution < 1.29 is 9.59 Å². The van der Waals surface area contributed by atoms with E-state index in [-0.39, 0.29) is 23.1 Å². The second kappa shape index (κ2) is 7.95. The lowest BCUT2D eigenvalue weighted by atomic mass is 9.87. The lowest BCUT2D eigenvalue weighted by Gasteiger charge is -2.19. The van der Waals surface area contributed by atoms with Crippen molar-refractivity contribution in [1.82, 2.24) is 4.90 Å². The van der Waals surface area contributed by atoms with Gasteiger partial charge in [-0.1, -0.05) is 63.2 Å². The smallest absolute Gasteiger partial charge is 0.229 e. The number of carbonyl (C=O) groups is 2. The minimum absolute atomic E-state index is 0.0640. The molecule has 4 nitrogen and oxygen atoms in total. The van der Waals surface area contributed by atoms with Gasteiger partial charge in [-0.15, -0.1) is 0 Å². The first-order chi connectivity index (χ1) is 12.8. The normalized spacial score (nSPS) is 17.2. The van der Waals surface area contributed by atoms with Crippen LogP contribution in [0.15, 0.2) is 54.6 Å². The molecule has 1 aliphatic rings. The predicted molar refractivity (Wildman–Crippen MR) is 109 cm³/mol. The summed E-state index contributed by atoms with van der Waals surface area (Å²) in [6, 6.07) is 18.1. The van der Waals surface area contributed by atoms with Gasteiger partial charge in [0.2, 0.25) is 11.8 Å². The first-order valence-electron chi connectivity index (χ1n) is 9.56. The molecule has 4 heteroatoms. The summed E-state index contributed by atoms with van der Waals surface area (Å²) < 4.78 is 0. The summed E-state index contributed by atoms with van der Waals surface area (Å²) in [6.45, 7) is 7.64.